The first-order valence-corrected chi connectivity index (χ1v) is 17.1. The lowest BCUT2D eigenvalue weighted by Crippen LogP contribution is -2.51. The van der Waals surface area contributed by atoms with Crippen molar-refractivity contribution in [3.05, 3.63) is 11.6 Å². The number of carbonyl (C=O) groups is 2. The average molecular weight is 573 g/mol. The van der Waals surface area contributed by atoms with Gasteiger partial charge in [0.15, 0.2) is 0 Å². The molecule has 0 aromatic carbocycles. The van der Waals surface area contributed by atoms with E-state index in [-0.39, 0.29) is 23.5 Å². The molecule has 0 heterocycles. The van der Waals surface area contributed by atoms with Gasteiger partial charge in [-0.3, -0.25) is 4.79 Å². The summed E-state index contributed by atoms with van der Waals surface area (Å²) in [6.07, 6.45) is 16.4. The van der Waals surface area contributed by atoms with Crippen LogP contribution in [0.4, 0.5) is 4.79 Å². The Hall–Kier alpha value is -1.56. The topological polar surface area (TPSA) is 76.7 Å². The Kier molecular flexibility index (Phi) is 11.3. The first-order valence-electron chi connectivity index (χ1n) is 17.1. The largest absolute Gasteiger partial charge is 0.446 e. The maximum atomic E-state index is 12.5. The third-order valence-corrected chi connectivity index (χ3v) is 11.9. The second-order valence-electron chi connectivity index (χ2n) is 14.8. The second-order valence-corrected chi connectivity index (χ2v) is 14.8. The van der Waals surface area contributed by atoms with Crippen LogP contribution in [0.3, 0.4) is 0 Å². The van der Waals surface area contributed by atoms with E-state index in [0.29, 0.717) is 38.1 Å². The molecule has 2 amide bonds. The fourth-order valence-electron chi connectivity index (χ4n) is 9.71. The van der Waals surface area contributed by atoms with Gasteiger partial charge in [0, 0.05) is 32.5 Å². The van der Waals surface area contributed by atoms with E-state index < -0.39 is 0 Å². The highest BCUT2D eigenvalue weighted by atomic mass is 16.6. The Morgan fingerprint density at radius 3 is 2.54 bits per heavy atom. The number of allylic oxidation sites excluding steroid dienone is 1. The maximum absolute atomic E-state index is 12.5. The van der Waals surface area contributed by atoms with Crippen molar-refractivity contribution in [1.82, 2.24) is 10.6 Å². The van der Waals surface area contributed by atoms with Crippen LogP contribution in [0.2, 0.25) is 0 Å². The van der Waals surface area contributed by atoms with Crippen LogP contribution < -0.4 is 10.6 Å². The molecule has 0 aromatic heterocycles. The molecule has 0 bridgehead atoms. The highest BCUT2D eigenvalue weighted by Gasteiger charge is 2.59. The molecule has 234 valence electrons. The molecule has 0 aromatic rings. The Balaban J connectivity index is 1.26. The summed E-state index contributed by atoms with van der Waals surface area (Å²) in [5.74, 6) is 4.96. The van der Waals surface area contributed by atoms with Crippen molar-refractivity contribution in [3.8, 4) is 0 Å². The summed E-state index contributed by atoms with van der Waals surface area (Å²) < 4.78 is 11.1. The summed E-state index contributed by atoms with van der Waals surface area (Å²) >= 11 is 0. The molecule has 4 aliphatic carbocycles. The first-order chi connectivity index (χ1) is 19.6. The van der Waals surface area contributed by atoms with Crippen molar-refractivity contribution in [2.45, 2.75) is 125 Å². The molecular formula is C35H60N2O4. The molecule has 2 N–H and O–H groups in total. The lowest BCUT2D eigenvalue weighted by Gasteiger charge is -2.58. The van der Waals surface area contributed by atoms with Gasteiger partial charge in [-0.15, -0.1) is 0 Å². The van der Waals surface area contributed by atoms with E-state index in [0.717, 1.165) is 54.8 Å². The number of amides is 2. The van der Waals surface area contributed by atoms with E-state index in [1.54, 1.807) is 5.57 Å². The summed E-state index contributed by atoms with van der Waals surface area (Å²) in [4.78, 5) is 24.3. The van der Waals surface area contributed by atoms with Gasteiger partial charge in [0.1, 0.15) is 6.10 Å². The quantitative estimate of drug-likeness (QED) is 0.175. The van der Waals surface area contributed by atoms with Crippen LogP contribution in [0.25, 0.3) is 0 Å². The molecule has 6 heteroatoms. The maximum Gasteiger partial charge on any atom is 0.407 e. The van der Waals surface area contributed by atoms with Crippen molar-refractivity contribution in [2.75, 3.05) is 26.3 Å². The number of alkyl carbamates (subject to hydrolysis) is 1. The van der Waals surface area contributed by atoms with Crippen LogP contribution in [0, 0.1) is 46.3 Å². The van der Waals surface area contributed by atoms with Crippen molar-refractivity contribution in [1.29, 1.82) is 0 Å². The zero-order valence-electron chi connectivity index (χ0n) is 27.1. The number of ether oxygens (including phenoxy) is 2. The van der Waals surface area contributed by atoms with E-state index >= 15 is 0 Å². The van der Waals surface area contributed by atoms with Crippen molar-refractivity contribution < 1.29 is 19.1 Å². The third kappa shape index (κ3) is 7.51. The molecule has 8 atom stereocenters. The van der Waals surface area contributed by atoms with Gasteiger partial charge in [0.05, 0.1) is 6.61 Å². The molecule has 0 saturated heterocycles. The molecule has 6 nitrogen and oxygen atoms in total. The third-order valence-electron chi connectivity index (χ3n) is 11.9. The highest BCUT2D eigenvalue weighted by Crippen LogP contribution is 2.67. The van der Waals surface area contributed by atoms with Gasteiger partial charge >= 0.3 is 6.09 Å². The predicted molar refractivity (Wildman–Crippen MR) is 165 cm³/mol. The van der Waals surface area contributed by atoms with Gasteiger partial charge in [-0.25, -0.2) is 4.79 Å². The summed E-state index contributed by atoms with van der Waals surface area (Å²) in [6, 6.07) is 0. The summed E-state index contributed by atoms with van der Waals surface area (Å²) in [6.45, 7) is 16.2. The standard InChI is InChI=1S/C35H60N2O4/c1-7-40-22-17-32(38)36-20-21-37-33(39)41-27-15-18-34(5)26(23-27)11-12-28-30-14-13-29(25(4)10-8-9-24(2)3)35(30,6)19-16-31(28)34/h11,24-25,27-31H,7-10,12-23H2,1-6H3,(H,36,38)(H,37,39)/t25-,27+,28+,29-,30+,31+,34+,35-/m1/s1. The number of fused-ring (bicyclic) bond motifs is 5. The molecule has 0 radical (unpaired) electrons. The van der Waals surface area contributed by atoms with Gasteiger partial charge in [-0.05, 0) is 98.2 Å². The zero-order valence-corrected chi connectivity index (χ0v) is 27.1. The minimum Gasteiger partial charge on any atom is -0.446 e. The van der Waals surface area contributed by atoms with Gasteiger partial charge in [0.2, 0.25) is 5.91 Å². The smallest absolute Gasteiger partial charge is 0.407 e. The Morgan fingerprint density at radius 2 is 1.78 bits per heavy atom. The van der Waals surface area contributed by atoms with E-state index in [1.165, 1.54) is 51.4 Å². The van der Waals surface area contributed by atoms with Gasteiger partial charge in [-0.1, -0.05) is 65.5 Å². The number of nitrogens with one attached hydrogen (secondary N) is 2. The minimum absolute atomic E-state index is 0.0527. The van der Waals surface area contributed by atoms with Gasteiger partial charge < -0.3 is 20.1 Å². The van der Waals surface area contributed by atoms with E-state index in [2.05, 4.69) is 51.3 Å². The Bertz CT molecular complexity index is 918. The van der Waals surface area contributed by atoms with Crippen molar-refractivity contribution in [3.63, 3.8) is 0 Å². The van der Waals surface area contributed by atoms with Crippen LogP contribution in [-0.2, 0) is 14.3 Å². The van der Waals surface area contributed by atoms with Crippen molar-refractivity contribution in [2.24, 2.45) is 46.3 Å². The molecule has 3 saturated carbocycles. The van der Waals surface area contributed by atoms with Crippen LogP contribution in [-0.4, -0.2) is 44.4 Å². The summed E-state index contributed by atoms with van der Waals surface area (Å²) in [5, 5.41) is 5.62. The first kappa shape index (κ1) is 32.4. The van der Waals surface area contributed by atoms with Crippen LogP contribution in [0.15, 0.2) is 11.6 Å². The number of rotatable bonds is 13. The van der Waals surface area contributed by atoms with Crippen LogP contribution in [0.1, 0.15) is 119 Å². The van der Waals surface area contributed by atoms with Crippen LogP contribution >= 0.6 is 0 Å². The normalized spacial score (nSPS) is 35.1. The number of hydrogen-bond acceptors (Lipinski definition) is 4. The van der Waals surface area contributed by atoms with Crippen molar-refractivity contribution >= 4 is 12.0 Å². The summed E-state index contributed by atoms with van der Waals surface area (Å²) in [7, 11) is 0. The fourth-order valence-corrected chi connectivity index (χ4v) is 9.71. The van der Waals surface area contributed by atoms with E-state index in [9.17, 15) is 9.59 Å². The molecule has 41 heavy (non-hydrogen) atoms. The number of hydrogen-bond donors (Lipinski definition) is 2. The molecule has 4 aliphatic rings. The lowest BCUT2D eigenvalue weighted by molar-refractivity contribution is -0.122. The SMILES string of the molecule is CCOCCC(=O)NCCNC(=O)O[C@H]1CC[C@@]2(C)C(=CC[C@H]3[C@@H]4CC[C@H]([C@H](C)CCCC(C)C)[C@@]4(C)CC[C@@H]32)C1. The van der Waals surface area contributed by atoms with Gasteiger partial charge in [0.25, 0.3) is 0 Å². The predicted octanol–water partition coefficient (Wildman–Crippen LogP) is 7.67. The molecule has 0 unspecified atom stereocenters. The lowest BCUT2D eigenvalue weighted by atomic mass is 9.47. The highest BCUT2D eigenvalue weighted by molar-refractivity contribution is 5.76. The zero-order chi connectivity index (χ0) is 29.6. The molecule has 0 spiro atoms. The molecule has 4 rings (SSSR count). The average Bonchev–Trinajstić information content (AvgIpc) is 3.28. The Morgan fingerprint density at radius 1 is 1.00 bits per heavy atom. The monoisotopic (exact) mass is 572 g/mol. The van der Waals surface area contributed by atoms with Gasteiger partial charge in [-0.2, -0.15) is 0 Å². The molecule has 3 fully saturated rings. The minimum atomic E-state index is -0.371. The van der Waals surface area contributed by atoms with Crippen LogP contribution in [0.5, 0.6) is 0 Å². The molecule has 0 aliphatic heterocycles. The number of carbonyl (C=O) groups excluding carboxylic acids is 2. The molecular weight excluding hydrogens is 512 g/mol. The van der Waals surface area contributed by atoms with E-state index in [1.807, 2.05) is 6.92 Å². The second kappa shape index (κ2) is 14.3. The summed E-state index contributed by atoms with van der Waals surface area (Å²) in [5.41, 5.74) is 2.32. The Labute approximate surface area is 250 Å². The fraction of sp³-hybridized carbons (Fsp3) is 0.886. The van der Waals surface area contributed by atoms with E-state index in [4.69, 9.17) is 9.47 Å².